The number of amides is 1. The van der Waals surface area contributed by atoms with E-state index in [2.05, 4.69) is 5.32 Å². The van der Waals surface area contributed by atoms with Crippen molar-refractivity contribution in [3.8, 4) is 5.75 Å². The van der Waals surface area contributed by atoms with Crippen LogP contribution in [0.4, 0.5) is 0 Å². The van der Waals surface area contributed by atoms with E-state index in [0.717, 1.165) is 23.1 Å². The van der Waals surface area contributed by atoms with E-state index in [1.54, 1.807) is 7.11 Å². The summed E-state index contributed by atoms with van der Waals surface area (Å²) in [5.41, 5.74) is 1.04. The molecule has 1 aromatic rings. The largest absolute Gasteiger partial charge is 0.497 e. The molecule has 19 heavy (non-hydrogen) atoms. The van der Waals surface area contributed by atoms with Crippen LogP contribution < -0.4 is 10.1 Å². The van der Waals surface area contributed by atoms with Gasteiger partial charge in [-0.3, -0.25) is 4.79 Å². The van der Waals surface area contributed by atoms with Gasteiger partial charge in [0.2, 0.25) is 5.91 Å². The minimum absolute atomic E-state index is 0.155. The third-order valence-electron chi connectivity index (χ3n) is 4.61. The second-order valence-electron chi connectivity index (χ2n) is 5.87. The summed E-state index contributed by atoms with van der Waals surface area (Å²) in [7, 11) is 1.65. The number of carbonyl (C=O) groups excluding carboxylic acids is 1. The minimum atomic E-state index is 0.155. The predicted molar refractivity (Wildman–Crippen MR) is 74.1 cm³/mol. The van der Waals surface area contributed by atoms with Crippen LogP contribution in [0.1, 0.15) is 31.2 Å². The third-order valence-corrected chi connectivity index (χ3v) is 4.61. The van der Waals surface area contributed by atoms with E-state index in [9.17, 15) is 4.79 Å². The molecule has 0 saturated heterocycles. The zero-order chi connectivity index (χ0) is 13.2. The molecule has 2 fully saturated rings. The van der Waals surface area contributed by atoms with Crippen molar-refractivity contribution in [3.63, 3.8) is 0 Å². The molecule has 102 valence electrons. The Labute approximate surface area is 114 Å². The summed E-state index contributed by atoms with van der Waals surface area (Å²) < 4.78 is 5.11. The minimum Gasteiger partial charge on any atom is -0.497 e. The van der Waals surface area contributed by atoms with Gasteiger partial charge in [-0.15, -0.1) is 0 Å². The van der Waals surface area contributed by atoms with E-state index in [4.69, 9.17) is 4.74 Å². The van der Waals surface area contributed by atoms with Crippen molar-refractivity contribution in [2.45, 2.75) is 38.1 Å². The Morgan fingerprint density at radius 1 is 1.26 bits per heavy atom. The zero-order valence-corrected chi connectivity index (χ0v) is 11.4. The Morgan fingerprint density at radius 3 is 2.63 bits per heavy atom. The van der Waals surface area contributed by atoms with Crippen molar-refractivity contribution in [1.82, 2.24) is 5.32 Å². The van der Waals surface area contributed by atoms with Crippen LogP contribution in [-0.2, 0) is 11.2 Å². The molecule has 0 unspecified atom stereocenters. The van der Waals surface area contributed by atoms with Gasteiger partial charge in [0.25, 0.3) is 0 Å². The Kier molecular flexibility index (Phi) is 3.45. The first-order valence-electron chi connectivity index (χ1n) is 7.17. The van der Waals surface area contributed by atoms with Crippen LogP contribution in [-0.4, -0.2) is 19.1 Å². The van der Waals surface area contributed by atoms with Crippen molar-refractivity contribution < 1.29 is 9.53 Å². The summed E-state index contributed by atoms with van der Waals surface area (Å²) in [4.78, 5) is 12.1. The maximum Gasteiger partial charge on any atom is 0.224 e. The molecular formula is C16H21NO2. The highest BCUT2D eigenvalue weighted by atomic mass is 16.5. The molecule has 3 atom stereocenters. The lowest BCUT2D eigenvalue weighted by Gasteiger charge is -2.22. The third kappa shape index (κ3) is 2.75. The van der Waals surface area contributed by atoms with E-state index in [1.807, 2.05) is 24.3 Å². The molecule has 0 heterocycles. The molecule has 2 aliphatic rings. The standard InChI is InChI=1S/C16H21NO2/c1-19-14-6-3-11(4-7-14)10-16(18)17-15-9-12-2-5-13(15)8-12/h3-4,6-7,12-13,15H,2,5,8-10H2,1H3,(H,17,18)/t12-,13-,15+/m1/s1. The molecule has 2 saturated carbocycles. The Morgan fingerprint density at radius 2 is 2.05 bits per heavy atom. The van der Waals surface area contributed by atoms with E-state index in [0.29, 0.717) is 12.5 Å². The van der Waals surface area contributed by atoms with E-state index >= 15 is 0 Å². The van der Waals surface area contributed by atoms with Gasteiger partial charge in [0.15, 0.2) is 0 Å². The molecule has 1 N–H and O–H groups in total. The predicted octanol–water partition coefficient (Wildman–Crippen LogP) is 2.54. The van der Waals surface area contributed by atoms with Gasteiger partial charge < -0.3 is 10.1 Å². The van der Waals surface area contributed by atoms with E-state index < -0.39 is 0 Å². The van der Waals surface area contributed by atoms with Gasteiger partial charge in [-0.2, -0.15) is 0 Å². The first kappa shape index (κ1) is 12.5. The van der Waals surface area contributed by atoms with Crippen LogP contribution in [0, 0.1) is 11.8 Å². The molecule has 2 aliphatic carbocycles. The highest BCUT2D eigenvalue weighted by Gasteiger charge is 2.39. The van der Waals surface area contributed by atoms with Crippen LogP contribution in [0.5, 0.6) is 5.75 Å². The van der Waals surface area contributed by atoms with E-state index in [1.165, 1.54) is 25.7 Å². The fraction of sp³-hybridized carbons (Fsp3) is 0.562. The van der Waals surface area contributed by atoms with Gasteiger partial charge >= 0.3 is 0 Å². The average molecular weight is 259 g/mol. The van der Waals surface area contributed by atoms with Crippen LogP contribution >= 0.6 is 0 Å². The van der Waals surface area contributed by atoms with Gasteiger partial charge in [0.05, 0.1) is 13.5 Å². The fourth-order valence-electron chi connectivity index (χ4n) is 3.61. The van der Waals surface area contributed by atoms with Crippen LogP contribution in [0.25, 0.3) is 0 Å². The summed E-state index contributed by atoms with van der Waals surface area (Å²) in [5.74, 6) is 2.60. The summed E-state index contributed by atoms with van der Waals surface area (Å²) in [6.45, 7) is 0. The second kappa shape index (κ2) is 5.24. The number of ether oxygens (including phenoxy) is 1. The molecule has 1 aromatic carbocycles. The van der Waals surface area contributed by atoms with Gasteiger partial charge in [0, 0.05) is 6.04 Å². The molecule has 1 amide bonds. The number of hydrogen-bond acceptors (Lipinski definition) is 2. The Bertz CT molecular complexity index is 454. The number of carbonyl (C=O) groups is 1. The quantitative estimate of drug-likeness (QED) is 0.902. The normalized spacial score (nSPS) is 28.4. The van der Waals surface area contributed by atoms with Crippen LogP contribution in [0.3, 0.4) is 0 Å². The van der Waals surface area contributed by atoms with Crippen molar-refractivity contribution in [2.75, 3.05) is 7.11 Å². The fourth-order valence-corrected chi connectivity index (χ4v) is 3.61. The van der Waals surface area contributed by atoms with Crippen molar-refractivity contribution in [3.05, 3.63) is 29.8 Å². The molecule has 3 heteroatoms. The van der Waals surface area contributed by atoms with Gasteiger partial charge in [0.1, 0.15) is 5.75 Å². The number of hydrogen-bond donors (Lipinski definition) is 1. The smallest absolute Gasteiger partial charge is 0.224 e. The number of rotatable bonds is 4. The molecule has 0 spiro atoms. The van der Waals surface area contributed by atoms with Crippen molar-refractivity contribution in [2.24, 2.45) is 11.8 Å². The molecule has 2 bridgehead atoms. The number of nitrogens with one attached hydrogen (secondary N) is 1. The Hall–Kier alpha value is -1.51. The first-order valence-corrected chi connectivity index (χ1v) is 7.17. The summed E-state index contributed by atoms with van der Waals surface area (Å²) in [5, 5.41) is 3.22. The SMILES string of the molecule is COc1ccc(CC(=O)N[C@H]2C[C@@H]3CC[C@@H]2C3)cc1. The van der Waals surface area contributed by atoms with Gasteiger partial charge in [-0.1, -0.05) is 18.6 Å². The highest BCUT2D eigenvalue weighted by Crippen LogP contribution is 2.44. The maximum atomic E-state index is 12.1. The second-order valence-corrected chi connectivity index (χ2v) is 5.87. The number of fused-ring (bicyclic) bond motifs is 2. The summed E-state index contributed by atoms with van der Waals surface area (Å²) in [6, 6.07) is 8.16. The first-order chi connectivity index (χ1) is 9.24. The molecule has 0 aromatic heterocycles. The molecule has 3 nitrogen and oxygen atoms in total. The summed E-state index contributed by atoms with van der Waals surface area (Å²) >= 11 is 0. The lowest BCUT2D eigenvalue weighted by atomic mass is 9.95. The number of methoxy groups -OCH3 is 1. The number of benzene rings is 1. The highest BCUT2D eigenvalue weighted by molar-refractivity contribution is 5.79. The topological polar surface area (TPSA) is 38.3 Å². The van der Waals surface area contributed by atoms with Crippen LogP contribution in [0.15, 0.2) is 24.3 Å². The lowest BCUT2D eigenvalue weighted by molar-refractivity contribution is -0.121. The zero-order valence-electron chi connectivity index (χ0n) is 11.4. The average Bonchev–Trinajstić information content (AvgIpc) is 3.02. The molecule has 3 rings (SSSR count). The maximum absolute atomic E-state index is 12.1. The monoisotopic (exact) mass is 259 g/mol. The van der Waals surface area contributed by atoms with Crippen molar-refractivity contribution >= 4 is 5.91 Å². The molecule has 0 radical (unpaired) electrons. The summed E-state index contributed by atoms with van der Waals surface area (Å²) in [6.07, 6.45) is 5.66. The lowest BCUT2D eigenvalue weighted by Crippen LogP contribution is -2.39. The van der Waals surface area contributed by atoms with Crippen LogP contribution in [0.2, 0.25) is 0 Å². The van der Waals surface area contributed by atoms with Gasteiger partial charge in [-0.05, 0) is 48.8 Å². The Balaban J connectivity index is 1.53. The molecular weight excluding hydrogens is 238 g/mol. The van der Waals surface area contributed by atoms with E-state index in [-0.39, 0.29) is 5.91 Å². The van der Waals surface area contributed by atoms with Gasteiger partial charge in [-0.25, -0.2) is 0 Å². The van der Waals surface area contributed by atoms with Crippen molar-refractivity contribution in [1.29, 1.82) is 0 Å². The molecule has 0 aliphatic heterocycles.